The Morgan fingerprint density at radius 2 is 2.23 bits per heavy atom. The highest BCUT2D eigenvalue weighted by Crippen LogP contribution is 2.17. The van der Waals surface area contributed by atoms with Crippen molar-refractivity contribution in [2.24, 2.45) is 0 Å². The van der Waals surface area contributed by atoms with Crippen LogP contribution in [0.15, 0.2) is 41.4 Å². The van der Waals surface area contributed by atoms with E-state index < -0.39 is 0 Å². The quantitative estimate of drug-likeness (QED) is 0.693. The summed E-state index contributed by atoms with van der Waals surface area (Å²) in [5.74, 6) is 0. The Morgan fingerprint density at radius 3 is 2.92 bits per heavy atom. The maximum Gasteiger partial charge on any atom is 0.255 e. The second-order valence-corrected chi connectivity index (χ2v) is 3.05. The van der Waals surface area contributed by atoms with E-state index in [1.54, 1.807) is 6.20 Å². The monoisotopic (exact) mass is 173 g/mol. The van der Waals surface area contributed by atoms with Crippen LogP contribution in [0, 0.1) is 0 Å². The fourth-order valence-electron chi connectivity index (χ4n) is 1.46. The molecule has 0 saturated carbocycles. The van der Waals surface area contributed by atoms with Crippen molar-refractivity contribution in [2.75, 3.05) is 0 Å². The van der Waals surface area contributed by atoms with Crippen LogP contribution in [-0.2, 0) is 0 Å². The average molecular weight is 173 g/mol. The number of nitrogens with one attached hydrogen (secondary N) is 1. The second kappa shape index (κ2) is 3.44. The van der Waals surface area contributed by atoms with Gasteiger partial charge in [0.2, 0.25) is 0 Å². The van der Waals surface area contributed by atoms with Crippen molar-refractivity contribution in [2.45, 2.75) is 12.8 Å². The van der Waals surface area contributed by atoms with E-state index >= 15 is 0 Å². The molecule has 0 amide bonds. The lowest BCUT2D eigenvalue weighted by molar-refractivity contribution is 1.04. The fourth-order valence-corrected chi connectivity index (χ4v) is 1.46. The Balaban J connectivity index is 2.46. The van der Waals surface area contributed by atoms with Crippen LogP contribution >= 0.6 is 0 Å². The maximum absolute atomic E-state index is 11.4. The fraction of sp³-hybridized carbons (Fsp3) is 0.182. The number of aromatic amines is 1. The van der Waals surface area contributed by atoms with E-state index in [0.29, 0.717) is 0 Å². The number of hydrogen-bond acceptors (Lipinski definition) is 1. The molecule has 1 heterocycles. The second-order valence-electron chi connectivity index (χ2n) is 3.05. The van der Waals surface area contributed by atoms with Crippen LogP contribution in [0.25, 0.3) is 5.57 Å². The standard InChI is InChI=1S/C11H11NO/c13-11-10(7-4-8-12-11)9-5-2-1-3-6-9/h2,4-8H,1,3H2,(H,12,13). The molecule has 1 aliphatic rings. The number of allylic oxidation sites excluding steroid dienone is 4. The molecule has 13 heavy (non-hydrogen) atoms. The van der Waals surface area contributed by atoms with Crippen molar-refractivity contribution in [3.8, 4) is 0 Å². The molecular formula is C11H11NO. The SMILES string of the molecule is O=c1[nH]cccc1C1=CCCC=C1. The molecule has 0 atom stereocenters. The highest BCUT2D eigenvalue weighted by atomic mass is 16.1. The first kappa shape index (κ1) is 8.05. The zero-order valence-corrected chi connectivity index (χ0v) is 7.29. The normalized spacial score (nSPS) is 15.5. The minimum absolute atomic E-state index is 0.0136. The topological polar surface area (TPSA) is 32.9 Å². The van der Waals surface area contributed by atoms with Crippen LogP contribution in [0.2, 0.25) is 0 Å². The van der Waals surface area contributed by atoms with Gasteiger partial charge in [0.1, 0.15) is 0 Å². The van der Waals surface area contributed by atoms with E-state index in [9.17, 15) is 4.79 Å². The van der Waals surface area contributed by atoms with Gasteiger partial charge in [-0.25, -0.2) is 0 Å². The van der Waals surface area contributed by atoms with E-state index in [1.165, 1.54) is 0 Å². The van der Waals surface area contributed by atoms with Crippen LogP contribution < -0.4 is 5.56 Å². The third-order valence-corrected chi connectivity index (χ3v) is 2.12. The number of H-pyrrole nitrogens is 1. The first-order valence-corrected chi connectivity index (χ1v) is 4.43. The Morgan fingerprint density at radius 1 is 1.31 bits per heavy atom. The van der Waals surface area contributed by atoms with Gasteiger partial charge >= 0.3 is 0 Å². The molecule has 2 nitrogen and oxygen atoms in total. The number of hydrogen-bond donors (Lipinski definition) is 1. The van der Waals surface area contributed by atoms with Crippen molar-refractivity contribution in [3.05, 3.63) is 52.5 Å². The molecule has 0 aliphatic heterocycles. The summed E-state index contributed by atoms with van der Waals surface area (Å²) < 4.78 is 0. The lowest BCUT2D eigenvalue weighted by Crippen LogP contribution is -2.10. The molecule has 1 aliphatic carbocycles. The minimum atomic E-state index is -0.0136. The maximum atomic E-state index is 11.4. The number of pyridine rings is 1. The molecule has 66 valence electrons. The Bertz CT molecular complexity index is 412. The smallest absolute Gasteiger partial charge is 0.255 e. The van der Waals surface area contributed by atoms with Crippen molar-refractivity contribution in [1.29, 1.82) is 0 Å². The predicted molar refractivity (Wildman–Crippen MR) is 53.4 cm³/mol. The van der Waals surface area contributed by atoms with Gasteiger partial charge in [-0.3, -0.25) is 4.79 Å². The zero-order chi connectivity index (χ0) is 9.10. The first-order chi connectivity index (χ1) is 6.38. The molecule has 0 fully saturated rings. The zero-order valence-electron chi connectivity index (χ0n) is 7.29. The van der Waals surface area contributed by atoms with Gasteiger partial charge < -0.3 is 4.98 Å². The van der Waals surface area contributed by atoms with E-state index in [0.717, 1.165) is 24.0 Å². The molecular weight excluding hydrogens is 162 g/mol. The Hall–Kier alpha value is -1.57. The summed E-state index contributed by atoms with van der Waals surface area (Å²) in [6, 6.07) is 3.69. The van der Waals surface area contributed by atoms with Crippen molar-refractivity contribution < 1.29 is 0 Å². The molecule has 0 aromatic carbocycles. The molecule has 0 radical (unpaired) electrons. The van der Waals surface area contributed by atoms with E-state index in [1.807, 2.05) is 18.2 Å². The van der Waals surface area contributed by atoms with Crippen LogP contribution in [0.5, 0.6) is 0 Å². The highest BCUT2D eigenvalue weighted by Gasteiger charge is 2.03. The lowest BCUT2D eigenvalue weighted by atomic mass is 10.0. The lowest BCUT2D eigenvalue weighted by Gasteiger charge is -2.04. The van der Waals surface area contributed by atoms with E-state index in [2.05, 4.69) is 17.1 Å². The molecule has 1 aromatic heterocycles. The van der Waals surface area contributed by atoms with Gasteiger partial charge in [-0.05, 0) is 30.5 Å². The van der Waals surface area contributed by atoms with Gasteiger partial charge in [0.05, 0.1) is 0 Å². The summed E-state index contributed by atoms with van der Waals surface area (Å²) in [6.45, 7) is 0. The van der Waals surface area contributed by atoms with Crippen LogP contribution in [0.3, 0.4) is 0 Å². The molecule has 0 spiro atoms. The van der Waals surface area contributed by atoms with Crippen molar-refractivity contribution in [1.82, 2.24) is 4.98 Å². The predicted octanol–water partition coefficient (Wildman–Crippen LogP) is 2.11. The first-order valence-electron chi connectivity index (χ1n) is 4.43. The molecule has 0 bridgehead atoms. The molecule has 1 N–H and O–H groups in total. The molecule has 2 rings (SSSR count). The highest BCUT2D eigenvalue weighted by molar-refractivity contribution is 5.74. The summed E-state index contributed by atoms with van der Waals surface area (Å²) in [4.78, 5) is 14.1. The summed E-state index contributed by atoms with van der Waals surface area (Å²) in [5, 5.41) is 0. The molecule has 0 saturated heterocycles. The van der Waals surface area contributed by atoms with Gasteiger partial charge in [0.25, 0.3) is 5.56 Å². The van der Waals surface area contributed by atoms with Crippen molar-refractivity contribution >= 4 is 5.57 Å². The third-order valence-electron chi connectivity index (χ3n) is 2.12. The molecule has 1 aromatic rings. The Kier molecular flexibility index (Phi) is 2.13. The average Bonchev–Trinajstić information content (AvgIpc) is 2.20. The van der Waals surface area contributed by atoms with Crippen LogP contribution in [-0.4, -0.2) is 4.98 Å². The molecule has 0 unspecified atom stereocenters. The number of aromatic nitrogens is 1. The molecule has 2 heteroatoms. The summed E-state index contributed by atoms with van der Waals surface area (Å²) in [6.07, 6.45) is 9.97. The van der Waals surface area contributed by atoms with Gasteiger partial charge in [-0.2, -0.15) is 0 Å². The van der Waals surface area contributed by atoms with Gasteiger partial charge in [0, 0.05) is 11.8 Å². The largest absolute Gasteiger partial charge is 0.329 e. The van der Waals surface area contributed by atoms with E-state index in [-0.39, 0.29) is 5.56 Å². The Labute approximate surface area is 76.6 Å². The number of rotatable bonds is 1. The third kappa shape index (κ3) is 1.61. The van der Waals surface area contributed by atoms with Gasteiger partial charge in [-0.15, -0.1) is 0 Å². The van der Waals surface area contributed by atoms with Gasteiger partial charge in [0.15, 0.2) is 0 Å². The minimum Gasteiger partial charge on any atom is -0.329 e. The van der Waals surface area contributed by atoms with E-state index in [4.69, 9.17) is 0 Å². The summed E-state index contributed by atoms with van der Waals surface area (Å²) in [7, 11) is 0. The van der Waals surface area contributed by atoms with Crippen LogP contribution in [0.1, 0.15) is 18.4 Å². The van der Waals surface area contributed by atoms with Gasteiger partial charge in [-0.1, -0.05) is 18.2 Å². The van der Waals surface area contributed by atoms with Crippen LogP contribution in [0.4, 0.5) is 0 Å². The van der Waals surface area contributed by atoms with Crippen molar-refractivity contribution in [3.63, 3.8) is 0 Å². The summed E-state index contributed by atoms with van der Waals surface area (Å²) >= 11 is 0. The summed E-state index contributed by atoms with van der Waals surface area (Å²) in [5.41, 5.74) is 1.78.